The van der Waals surface area contributed by atoms with Crippen LogP contribution in [0.15, 0.2) is 54.6 Å². The molecule has 0 spiro atoms. The van der Waals surface area contributed by atoms with E-state index in [1.54, 1.807) is 41.7 Å². The van der Waals surface area contributed by atoms with E-state index in [-0.39, 0.29) is 43.9 Å². The van der Waals surface area contributed by atoms with Gasteiger partial charge in [-0.25, -0.2) is 0 Å². The molecule has 204 valence electrons. The normalized spacial score (nSPS) is 14.9. The van der Waals surface area contributed by atoms with Gasteiger partial charge in [0.25, 0.3) is 0 Å². The predicted molar refractivity (Wildman–Crippen MR) is 142 cm³/mol. The lowest BCUT2D eigenvalue weighted by Gasteiger charge is -2.26. The first-order chi connectivity index (χ1) is 17.5. The summed E-state index contributed by atoms with van der Waals surface area (Å²) in [4.78, 5) is 25.3. The monoisotopic (exact) mass is 514 g/mol. The Morgan fingerprint density at radius 2 is 1.51 bits per heavy atom. The summed E-state index contributed by atoms with van der Waals surface area (Å²) >= 11 is 0. The number of carbonyl (C=O) groups is 2. The number of hydrogen-bond acceptors (Lipinski definition) is 7. The van der Waals surface area contributed by atoms with Crippen molar-refractivity contribution in [3.8, 4) is 5.75 Å². The van der Waals surface area contributed by atoms with Crippen LogP contribution in [0.4, 0.5) is 0 Å². The van der Waals surface area contributed by atoms with E-state index in [0.29, 0.717) is 6.61 Å². The Kier molecular flexibility index (Phi) is 12.2. The van der Waals surface area contributed by atoms with Gasteiger partial charge in [-0.3, -0.25) is 9.59 Å². The summed E-state index contributed by atoms with van der Waals surface area (Å²) in [7, 11) is 1.60. The lowest BCUT2D eigenvalue weighted by Crippen LogP contribution is -2.36. The van der Waals surface area contributed by atoms with Crippen molar-refractivity contribution in [1.82, 2.24) is 0 Å². The molecule has 0 aliphatic heterocycles. The molecule has 0 bridgehead atoms. The molecule has 4 atom stereocenters. The molecule has 2 aromatic rings. The third-order valence-electron chi connectivity index (χ3n) is 6.15. The number of rotatable bonds is 15. The highest BCUT2D eigenvalue weighted by Gasteiger charge is 2.30. The molecule has 0 saturated carbocycles. The number of Topliss-reactive ketones (excluding diaryl/α,β-unsaturated/α-hetero) is 1. The molecule has 0 unspecified atom stereocenters. The zero-order chi connectivity index (χ0) is 27.4. The van der Waals surface area contributed by atoms with E-state index >= 15 is 0 Å². The topological polar surface area (TPSA) is 91.3 Å². The molecule has 37 heavy (non-hydrogen) atoms. The van der Waals surface area contributed by atoms with E-state index in [0.717, 1.165) is 16.9 Å². The van der Waals surface area contributed by atoms with Gasteiger partial charge in [0.2, 0.25) is 0 Å². The van der Waals surface area contributed by atoms with E-state index in [2.05, 4.69) is 0 Å². The second-order valence-electron chi connectivity index (χ2n) is 10.5. The number of ketones is 1. The van der Waals surface area contributed by atoms with Crippen LogP contribution in [0.2, 0.25) is 0 Å². The Morgan fingerprint density at radius 1 is 0.892 bits per heavy atom. The number of ether oxygens (including phenoxy) is 4. The Balaban J connectivity index is 1.94. The van der Waals surface area contributed by atoms with Gasteiger partial charge in [0.1, 0.15) is 18.1 Å². The number of esters is 1. The van der Waals surface area contributed by atoms with Gasteiger partial charge in [-0.05, 0) is 44.0 Å². The number of aliphatic hydroxyl groups is 1. The third-order valence-corrected chi connectivity index (χ3v) is 6.15. The number of aliphatic hydroxyl groups excluding tert-OH is 1. The summed E-state index contributed by atoms with van der Waals surface area (Å²) < 4.78 is 22.4. The number of carbonyl (C=O) groups excluding carboxylic acids is 2. The van der Waals surface area contributed by atoms with Crippen LogP contribution in [0.5, 0.6) is 5.75 Å². The average molecular weight is 515 g/mol. The van der Waals surface area contributed by atoms with E-state index in [9.17, 15) is 14.7 Å². The van der Waals surface area contributed by atoms with Crippen molar-refractivity contribution in [2.75, 3.05) is 20.3 Å². The Morgan fingerprint density at radius 3 is 2.11 bits per heavy atom. The van der Waals surface area contributed by atoms with Crippen LogP contribution in [0.25, 0.3) is 0 Å². The standard InChI is InChI=1S/C30H42O7/c1-21(17-35-18-23-10-8-7-9-11-23)28(32)22(2)27(31)16-26(20-37-29(33)30(3,4)5)36-19-24-12-14-25(34-6)15-13-24/h7-15,21-22,26-27,31H,16-20H2,1-6H3/t21-,22-,26-,27-/m1/s1. The summed E-state index contributed by atoms with van der Waals surface area (Å²) in [6, 6.07) is 17.2. The van der Waals surface area contributed by atoms with Crippen LogP contribution in [0.3, 0.4) is 0 Å². The highest BCUT2D eigenvalue weighted by atomic mass is 16.6. The van der Waals surface area contributed by atoms with Gasteiger partial charge in [-0.15, -0.1) is 0 Å². The first-order valence-corrected chi connectivity index (χ1v) is 12.8. The van der Waals surface area contributed by atoms with Crippen molar-refractivity contribution in [3.63, 3.8) is 0 Å². The van der Waals surface area contributed by atoms with Crippen LogP contribution in [0.1, 0.15) is 52.2 Å². The second-order valence-corrected chi connectivity index (χ2v) is 10.5. The second kappa shape index (κ2) is 14.9. The van der Waals surface area contributed by atoms with Crippen LogP contribution < -0.4 is 4.74 Å². The fourth-order valence-corrected chi connectivity index (χ4v) is 3.63. The summed E-state index contributed by atoms with van der Waals surface area (Å²) in [5.74, 6) is -0.690. The molecule has 0 aromatic heterocycles. The van der Waals surface area contributed by atoms with E-state index in [1.807, 2.05) is 54.6 Å². The van der Waals surface area contributed by atoms with E-state index in [4.69, 9.17) is 18.9 Å². The molecule has 2 aromatic carbocycles. The van der Waals surface area contributed by atoms with E-state index in [1.165, 1.54) is 0 Å². The Bertz CT molecular complexity index is 950. The van der Waals surface area contributed by atoms with Crippen LogP contribution in [-0.2, 0) is 37.0 Å². The highest BCUT2D eigenvalue weighted by Crippen LogP contribution is 2.21. The average Bonchev–Trinajstić information content (AvgIpc) is 2.89. The zero-order valence-electron chi connectivity index (χ0n) is 22.9. The molecule has 7 heteroatoms. The maximum atomic E-state index is 13.0. The largest absolute Gasteiger partial charge is 0.497 e. The lowest BCUT2D eigenvalue weighted by molar-refractivity contribution is -0.159. The molecule has 0 aliphatic rings. The van der Waals surface area contributed by atoms with E-state index < -0.39 is 23.5 Å². The highest BCUT2D eigenvalue weighted by molar-refractivity contribution is 5.83. The minimum absolute atomic E-state index is 0.0139. The molecule has 0 aliphatic carbocycles. The molecular formula is C30H42O7. The maximum absolute atomic E-state index is 13.0. The van der Waals surface area contributed by atoms with Crippen molar-refractivity contribution in [2.45, 2.75) is 66.5 Å². The van der Waals surface area contributed by atoms with Crippen molar-refractivity contribution in [3.05, 3.63) is 65.7 Å². The molecule has 7 nitrogen and oxygen atoms in total. The van der Waals surface area contributed by atoms with Crippen molar-refractivity contribution in [2.24, 2.45) is 17.3 Å². The minimum Gasteiger partial charge on any atom is -0.497 e. The van der Waals surface area contributed by atoms with Crippen LogP contribution >= 0.6 is 0 Å². The lowest BCUT2D eigenvalue weighted by atomic mass is 9.89. The van der Waals surface area contributed by atoms with Gasteiger partial charge >= 0.3 is 5.97 Å². The van der Waals surface area contributed by atoms with Crippen LogP contribution in [0, 0.1) is 17.3 Å². The van der Waals surface area contributed by atoms with Gasteiger partial charge in [-0.2, -0.15) is 0 Å². The SMILES string of the molecule is COc1ccc(CO[C@@H](COC(=O)C(C)(C)C)C[C@@H](O)[C@@H](C)C(=O)[C@H](C)COCc2ccccc2)cc1. The molecule has 2 rings (SSSR count). The molecule has 0 amide bonds. The first kappa shape index (κ1) is 30.5. The Labute approximate surface area is 221 Å². The predicted octanol–water partition coefficient (Wildman–Crippen LogP) is 4.98. The zero-order valence-corrected chi connectivity index (χ0v) is 22.9. The molecule has 0 heterocycles. The quantitative estimate of drug-likeness (QED) is 0.335. The van der Waals surface area contributed by atoms with Gasteiger partial charge in [0.05, 0.1) is 44.6 Å². The Hall–Kier alpha value is -2.74. The first-order valence-electron chi connectivity index (χ1n) is 12.8. The summed E-state index contributed by atoms with van der Waals surface area (Å²) in [5, 5.41) is 10.9. The van der Waals surface area contributed by atoms with Crippen LogP contribution in [-0.4, -0.2) is 49.4 Å². The van der Waals surface area contributed by atoms with Crippen molar-refractivity contribution < 1.29 is 33.6 Å². The summed E-state index contributed by atoms with van der Waals surface area (Å²) in [6.45, 7) is 9.79. The van der Waals surface area contributed by atoms with Gasteiger partial charge in [-0.1, -0.05) is 56.3 Å². The van der Waals surface area contributed by atoms with Gasteiger partial charge in [0, 0.05) is 18.3 Å². The fourth-order valence-electron chi connectivity index (χ4n) is 3.63. The maximum Gasteiger partial charge on any atom is 0.311 e. The molecule has 0 fully saturated rings. The van der Waals surface area contributed by atoms with Gasteiger partial charge in [0.15, 0.2) is 0 Å². The smallest absolute Gasteiger partial charge is 0.311 e. The molecular weight excluding hydrogens is 472 g/mol. The van der Waals surface area contributed by atoms with Crippen molar-refractivity contribution >= 4 is 11.8 Å². The molecule has 1 N–H and O–H groups in total. The molecule has 0 saturated heterocycles. The number of hydrogen-bond donors (Lipinski definition) is 1. The van der Waals surface area contributed by atoms with Gasteiger partial charge < -0.3 is 24.1 Å². The summed E-state index contributed by atoms with van der Waals surface area (Å²) in [6.07, 6.45) is -1.39. The third kappa shape index (κ3) is 10.6. The fraction of sp³-hybridized carbons (Fsp3) is 0.533. The number of benzene rings is 2. The molecule has 0 radical (unpaired) electrons. The van der Waals surface area contributed by atoms with Crippen molar-refractivity contribution in [1.29, 1.82) is 0 Å². The summed E-state index contributed by atoms with van der Waals surface area (Å²) in [5.41, 5.74) is 1.30. The number of methoxy groups -OCH3 is 1. The minimum atomic E-state index is -0.960.